The molecule has 0 spiro atoms. The first kappa shape index (κ1) is 14.8. The van der Waals surface area contributed by atoms with E-state index in [1.54, 1.807) is 4.90 Å². The lowest BCUT2D eigenvalue weighted by molar-refractivity contribution is -0.121. The third-order valence-electron chi connectivity index (χ3n) is 2.86. The highest BCUT2D eigenvalue weighted by molar-refractivity contribution is 5.84. The van der Waals surface area contributed by atoms with E-state index in [0.717, 1.165) is 19.5 Å². The molecule has 1 saturated heterocycles. The average molecular weight is 255 g/mol. The number of carbonyl (C=O) groups is 2. The number of likely N-dealkylation sites (tertiary alicyclic amines) is 1. The van der Waals surface area contributed by atoms with E-state index in [9.17, 15) is 9.59 Å². The van der Waals surface area contributed by atoms with Crippen LogP contribution in [0.2, 0.25) is 0 Å². The SMILES string of the molecule is CC1CCCN(C(=O)NCC(=O)NC(C)(C)C)C1. The van der Waals surface area contributed by atoms with Gasteiger partial charge in [-0.3, -0.25) is 4.79 Å². The van der Waals surface area contributed by atoms with Crippen molar-refractivity contribution in [1.29, 1.82) is 0 Å². The Balaban J connectivity index is 2.30. The number of nitrogens with one attached hydrogen (secondary N) is 2. The fourth-order valence-electron chi connectivity index (χ4n) is 2.10. The number of carbonyl (C=O) groups excluding carboxylic acids is 2. The van der Waals surface area contributed by atoms with E-state index in [-0.39, 0.29) is 24.0 Å². The molecular weight excluding hydrogens is 230 g/mol. The summed E-state index contributed by atoms with van der Waals surface area (Å²) in [4.78, 5) is 25.2. The van der Waals surface area contributed by atoms with E-state index in [4.69, 9.17) is 0 Å². The van der Waals surface area contributed by atoms with Crippen LogP contribution in [0.1, 0.15) is 40.5 Å². The Morgan fingerprint density at radius 1 is 1.33 bits per heavy atom. The van der Waals surface area contributed by atoms with Gasteiger partial charge in [-0.2, -0.15) is 0 Å². The Hall–Kier alpha value is -1.26. The second-order valence-electron chi connectivity index (χ2n) is 6.15. The average Bonchev–Trinajstić information content (AvgIpc) is 2.23. The number of rotatable bonds is 2. The van der Waals surface area contributed by atoms with E-state index in [1.165, 1.54) is 6.42 Å². The molecule has 0 radical (unpaired) electrons. The van der Waals surface area contributed by atoms with Crippen LogP contribution in [0.3, 0.4) is 0 Å². The van der Waals surface area contributed by atoms with Crippen LogP contribution in [-0.2, 0) is 4.79 Å². The zero-order valence-corrected chi connectivity index (χ0v) is 11.9. The Labute approximate surface area is 109 Å². The van der Waals surface area contributed by atoms with E-state index in [0.29, 0.717) is 5.92 Å². The van der Waals surface area contributed by atoms with Crippen molar-refractivity contribution in [2.45, 2.75) is 46.1 Å². The monoisotopic (exact) mass is 255 g/mol. The number of urea groups is 1. The minimum Gasteiger partial charge on any atom is -0.350 e. The van der Waals surface area contributed by atoms with Crippen molar-refractivity contribution < 1.29 is 9.59 Å². The zero-order valence-electron chi connectivity index (χ0n) is 11.9. The first-order valence-corrected chi connectivity index (χ1v) is 6.62. The summed E-state index contributed by atoms with van der Waals surface area (Å²) in [5.74, 6) is 0.397. The van der Waals surface area contributed by atoms with Gasteiger partial charge in [0.15, 0.2) is 0 Å². The van der Waals surface area contributed by atoms with Gasteiger partial charge in [0, 0.05) is 18.6 Å². The fourth-order valence-corrected chi connectivity index (χ4v) is 2.10. The second kappa shape index (κ2) is 6.07. The Morgan fingerprint density at radius 3 is 2.56 bits per heavy atom. The molecular formula is C13H25N3O2. The largest absolute Gasteiger partial charge is 0.350 e. The van der Waals surface area contributed by atoms with E-state index in [1.807, 2.05) is 20.8 Å². The van der Waals surface area contributed by atoms with Crippen LogP contribution in [0.15, 0.2) is 0 Å². The first-order chi connectivity index (χ1) is 8.28. The summed E-state index contributed by atoms with van der Waals surface area (Å²) < 4.78 is 0. The third-order valence-corrected chi connectivity index (χ3v) is 2.86. The molecule has 1 aliphatic rings. The number of hydrogen-bond acceptors (Lipinski definition) is 2. The number of amides is 3. The van der Waals surface area contributed by atoms with Gasteiger partial charge in [-0.1, -0.05) is 6.92 Å². The molecule has 0 aromatic heterocycles. The van der Waals surface area contributed by atoms with Gasteiger partial charge in [-0.15, -0.1) is 0 Å². The molecule has 0 aromatic rings. The molecule has 0 aromatic carbocycles. The summed E-state index contributed by atoms with van der Waals surface area (Å²) in [6.07, 6.45) is 2.22. The van der Waals surface area contributed by atoms with Crippen LogP contribution < -0.4 is 10.6 Å². The van der Waals surface area contributed by atoms with Gasteiger partial charge in [0.1, 0.15) is 0 Å². The molecule has 1 rings (SSSR count). The highest BCUT2D eigenvalue weighted by Crippen LogP contribution is 2.15. The molecule has 1 atom stereocenters. The normalized spacial score (nSPS) is 20.4. The molecule has 3 amide bonds. The molecule has 5 nitrogen and oxygen atoms in total. The van der Waals surface area contributed by atoms with Gasteiger partial charge >= 0.3 is 6.03 Å². The van der Waals surface area contributed by atoms with Crippen LogP contribution in [0.5, 0.6) is 0 Å². The number of hydrogen-bond donors (Lipinski definition) is 2. The zero-order chi connectivity index (χ0) is 13.8. The standard InChI is InChI=1S/C13H25N3O2/c1-10-6-5-7-16(9-10)12(18)14-8-11(17)15-13(2,3)4/h10H,5-9H2,1-4H3,(H,14,18)(H,15,17). The van der Waals surface area contributed by atoms with Gasteiger partial charge < -0.3 is 15.5 Å². The summed E-state index contributed by atoms with van der Waals surface area (Å²) in [6, 6.07) is -0.134. The summed E-state index contributed by atoms with van der Waals surface area (Å²) in [6.45, 7) is 9.51. The van der Waals surface area contributed by atoms with Crippen molar-refractivity contribution in [3.05, 3.63) is 0 Å². The third kappa shape index (κ3) is 5.38. The van der Waals surface area contributed by atoms with Crippen molar-refractivity contribution >= 4 is 11.9 Å². The van der Waals surface area contributed by atoms with Crippen molar-refractivity contribution in [1.82, 2.24) is 15.5 Å². The molecule has 1 unspecified atom stereocenters. The van der Waals surface area contributed by atoms with Gasteiger partial charge in [0.2, 0.25) is 5.91 Å². The predicted molar refractivity (Wildman–Crippen MR) is 71.3 cm³/mol. The lowest BCUT2D eigenvalue weighted by Crippen LogP contribution is -2.50. The molecule has 0 aliphatic carbocycles. The fraction of sp³-hybridized carbons (Fsp3) is 0.846. The van der Waals surface area contributed by atoms with Crippen molar-refractivity contribution in [2.75, 3.05) is 19.6 Å². The summed E-state index contributed by atoms with van der Waals surface area (Å²) >= 11 is 0. The van der Waals surface area contributed by atoms with Gasteiger partial charge in [0.05, 0.1) is 6.54 Å². The smallest absolute Gasteiger partial charge is 0.317 e. The van der Waals surface area contributed by atoms with Gasteiger partial charge in [0.25, 0.3) is 0 Å². The van der Waals surface area contributed by atoms with Crippen LogP contribution >= 0.6 is 0 Å². The maximum Gasteiger partial charge on any atom is 0.317 e. The second-order valence-corrected chi connectivity index (χ2v) is 6.15. The van der Waals surface area contributed by atoms with Crippen LogP contribution in [0, 0.1) is 5.92 Å². The van der Waals surface area contributed by atoms with Gasteiger partial charge in [-0.25, -0.2) is 4.79 Å². The highest BCUT2D eigenvalue weighted by atomic mass is 16.2. The lowest BCUT2D eigenvalue weighted by Gasteiger charge is -2.31. The molecule has 5 heteroatoms. The number of nitrogens with zero attached hydrogens (tertiary/aromatic N) is 1. The molecule has 1 heterocycles. The molecule has 1 fully saturated rings. The van der Waals surface area contributed by atoms with E-state index >= 15 is 0 Å². The molecule has 0 saturated carbocycles. The minimum absolute atomic E-state index is 0.0426. The van der Waals surface area contributed by atoms with Crippen LogP contribution in [0.25, 0.3) is 0 Å². The predicted octanol–water partition coefficient (Wildman–Crippen LogP) is 1.34. The summed E-state index contributed by atoms with van der Waals surface area (Å²) in [5, 5.41) is 5.48. The molecule has 1 aliphatic heterocycles. The minimum atomic E-state index is -0.262. The Morgan fingerprint density at radius 2 is 2.00 bits per heavy atom. The molecule has 0 bridgehead atoms. The molecule has 18 heavy (non-hydrogen) atoms. The van der Waals surface area contributed by atoms with E-state index in [2.05, 4.69) is 17.6 Å². The van der Waals surface area contributed by atoms with Crippen LogP contribution in [-0.4, -0.2) is 42.0 Å². The quantitative estimate of drug-likeness (QED) is 0.782. The number of piperidine rings is 1. The summed E-state index contributed by atoms with van der Waals surface area (Å²) in [5.41, 5.74) is -0.262. The van der Waals surface area contributed by atoms with E-state index < -0.39 is 0 Å². The Kier molecular flexibility index (Phi) is 4.99. The van der Waals surface area contributed by atoms with Crippen molar-refractivity contribution in [2.24, 2.45) is 5.92 Å². The first-order valence-electron chi connectivity index (χ1n) is 6.62. The Bertz CT molecular complexity index is 310. The summed E-state index contributed by atoms with van der Waals surface area (Å²) in [7, 11) is 0. The molecule has 104 valence electrons. The highest BCUT2D eigenvalue weighted by Gasteiger charge is 2.21. The van der Waals surface area contributed by atoms with Crippen LogP contribution in [0.4, 0.5) is 4.79 Å². The van der Waals surface area contributed by atoms with Crippen molar-refractivity contribution in [3.8, 4) is 0 Å². The topological polar surface area (TPSA) is 61.4 Å². The molecule has 2 N–H and O–H groups in total. The van der Waals surface area contributed by atoms with Gasteiger partial charge in [-0.05, 0) is 39.5 Å². The van der Waals surface area contributed by atoms with Crippen molar-refractivity contribution in [3.63, 3.8) is 0 Å². The lowest BCUT2D eigenvalue weighted by atomic mass is 10.0. The maximum absolute atomic E-state index is 11.8. The maximum atomic E-state index is 11.8.